The second-order valence-electron chi connectivity index (χ2n) is 3.41. The molecule has 0 aromatic carbocycles. The molecule has 2 N–H and O–H groups in total. The smallest absolute Gasteiger partial charge is 0.0305 e. The number of nitrogens with two attached hydrogens (primary N) is 1. The monoisotopic (exact) mass is 162 g/mol. The van der Waals surface area contributed by atoms with Gasteiger partial charge in [-0.1, -0.05) is 6.42 Å². The molecule has 2 heteroatoms. The van der Waals surface area contributed by atoms with Crippen LogP contribution in [-0.2, 0) is 6.54 Å². The van der Waals surface area contributed by atoms with Gasteiger partial charge in [0, 0.05) is 18.9 Å². The van der Waals surface area contributed by atoms with Crippen molar-refractivity contribution < 1.29 is 0 Å². The predicted octanol–water partition coefficient (Wildman–Crippen LogP) is 1.81. The lowest BCUT2D eigenvalue weighted by Gasteiger charge is -2.27. The molecule has 0 aliphatic heterocycles. The van der Waals surface area contributed by atoms with Gasteiger partial charge in [-0.2, -0.15) is 0 Å². The molecule has 0 saturated heterocycles. The molecule has 0 radical (unpaired) electrons. The Labute approximate surface area is 72.8 Å². The minimum atomic E-state index is 0.647. The molecule has 0 atom stereocenters. The first-order chi connectivity index (χ1) is 5.92. The third-order valence-electron chi connectivity index (χ3n) is 2.71. The van der Waals surface area contributed by atoms with E-state index >= 15 is 0 Å². The normalized spacial score (nSPS) is 17.4. The van der Waals surface area contributed by atoms with Crippen molar-refractivity contribution in [1.29, 1.82) is 0 Å². The second kappa shape index (κ2) is 3.23. The molecule has 1 fully saturated rings. The molecule has 0 bridgehead atoms. The predicted molar refractivity (Wildman–Crippen MR) is 48.7 cm³/mol. The number of pyridine rings is 1. The molecule has 1 aliphatic carbocycles. The lowest BCUT2D eigenvalue weighted by Crippen LogP contribution is -2.13. The van der Waals surface area contributed by atoms with Crippen molar-refractivity contribution in [3.05, 3.63) is 29.6 Å². The van der Waals surface area contributed by atoms with Gasteiger partial charge in [0.05, 0.1) is 0 Å². The first-order valence-corrected chi connectivity index (χ1v) is 4.54. The van der Waals surface area contributed by atoms with Crippen LogP contribution in [0.1, 0.15) is 36.3 Å². The van der Waals surface area contributed by atoms with Crippen LogP contribution in [0.5, 0.6) is 0 Å². The van der Waals surface area contributed by atoms with E-state index in [9.17, 15) is 0 Å². The van der Waals surface area contributed by atoms with Gasteiger partial charge in [0.2, 0.25) is 0 Å². The minimum Gasteiger partial charge on any atom is -0.326 e. The zero-order chi connectivity index (χ0) is 8.39. The summed E-state index contributed by atoms with van der Waals surface area (Å²) in [5.74, 6) is 0.747. The summed E-state index contributed by atoms with van der Waals surface area (Å²) in [6.45, 7) is 0.647. The maximum Gasteiger partial charge on any atom is 0.0305 e. The zero-order valence-electron chi connectivity index (χ0n) is 7.16. The molecular weight excluding hydrogens is 148 g/mol. The highest BCUT2D eigenvalue weighted by atomic mass is 14.6. The van der Waals surface area contributed by atoms with Gasteiger partial charge in [0.1, 0.15) is 0 Å². The maximum atomic E-state index is 5.64. The van der Waals surface area contributed by atoms with Gasteiger partial charge in [-0.25, -0.2) is 0 Å². The Morgan fingerprint density at radius 3 is 2.92 bits per heavy atom. The summed E-state index contributed by atoms with van der Waals surface area (Å²) < 4.78 is 0. The lowest BCUT2D eigenvalue weighted by molar-refractivity contribution is 0.416. The molecule has 1 heterocycles. The average Bonchev–Trinajstić information content (AvgIpc) is 2.02. The summed E-state index contributed by atoms with van der Waals surface area (Å²) in [4.78, 5) is 4.14. The molecular formula is C10H14N2. The van der Waals surface area contributed by atoms with Gasteiger partial charge in [-0.15, -0.1) is 0 Å². The molecule has 12 heavy (non-hydrogen) atoms. The minimum absolute atomic E-state index is 0.647. The molecule has 64 valence electrons. The Hall–Kier alpha value is -0.890. The molecule has 1 aliphatic rings. The molecule has 0 spiro atoms. The van der Waals surface area contributed by atoms with Crippen molar-refractivity contribution in [2.24, 2.45) is 5.73 Å². The van der Waals surface area contributed by atoms with E-state index in [0.717, 1.165) is 5.92 Å². The van der Waals surface area contributed by atoms with Crippen LogP contribution in [0.4, 0.5) is 0 Å². The van der Waals surface area contributed by atoms with Crippen molar-refractivity contribution in [2.45, 2.75) is 31.7 Å². The molecule has 2 rings (SSSR count). The number of nitrogens with zero attached hydrogens (tertiary/aromatic N) is 1. The summed E-state index contributed by atoms with van der Waals surface area (Å²) in [6, 6.07) is 2.04. The van der Waals surface area contributed by atoms with E-state index in [4.69, 9.17) is 5.73 Å². The van der Waals surface area contributed by atoms with Crippen molar-refractivity contribution in [2.75, 3.05) is 0 Å². The summed E-state index contributed by atoms with van der Waals surface area (Å²) in [5.41, 5.74) is 8.29. The second-order valence-corrected chi connectivity index (χ2v) is 3.41. The van der Waals surface area contributed by atoms with Crippen molar-refractivity contribution in [1.82, 2.24) is 4.98 Å². The Balaban J connectivity index is 2.27. The largest absolute Gasteiger partial charge is 0.326 e. The van der Waals surface area contributed by atoms with E-state index in [0.29, 0.717) is 6.54 Å². The van der Waals surface area contributed by atoms with Gasteiger partial charge in [0.25, 0.3) is 0 Å². The number of hydrogen-bond acceptors (Lipinski definition) is 2. The van der Waals surface area contributed by atoms with E-state index in [2.05, 4.69) is 4.98 Å². The molecule has 0 unspecified atom stereocenters. The summed E-state index contributed by atoms with van der Waals surface area (Å²) in [7, 11) is 0. The highest BCUT2D eigenvalue weighted by Gasteiger charge is 2.21. The van der Waals surface area contributed by atoms with Crippen molar-refractivity contribution >= 4 is 0 Å². The van der Waals surface area contributed by atoms with Gasteiger partial charge < -0.3 is 5.73 Å². The average molecular weight is 162 g/mol. The quantitative estimate of drug-likeness (QED) is 0.720. The molecule has 0 amide bonds. The standard InChI is InChI=1S/C10H14N2/c11-6-9-4-5-12-7-10(9)8-2-1-3-8/h4-5,7-8H,1-3,6,11H2. The fourth-order valence-corrected chi connectivity index (χ4v) is 1.71. The molecule has 2 nitrogen and oxygen atoms in total. The number of rotatable bonds is 2. The van der Waals surface area contributed by atoms with Crippen LogP contribution >= 0.6 is 0 Å². The third kappa shape index (κ3) is 1.23. The van der Waals surface area contributed by atoms with E-state index < -0.39 is 0 Å². The van der Waals surface area contributed by atoms with E-state index in [-0.39, 0.29) is 0 Å². The summed E-state index contributed by atoms with van der Waals surface area (Å²) in [5, 5.41) is 0. The first kappa shape index (κ1) is 7.74. The lowest BCUT2D eigenvalue weighted by atomic mass is 9.79. The first-order valence-electron chi connectivity index (χ1n) is 4.54. The van der Waals surface area contributed by atoms with Gasteiger partial charge in [0.15, 0.2) is 0 Å². The Bertz CT molecular complexity index is 266. The Morgan fingerprint density at radius 2 is 2.33 bits per heavy atom. The van der Waals surface area contributed by atoms with Crippen LogP contribution < -0.4 is 5.73 Å². The van der Waals surface area contributed by atoms with Gasteiger partial charge in [-0.05, 0) is 36.0 Å². The molecule has 1 aromatic rings. The van der Waals surface area contributed by atoms with E-state index in [1.165, 1.54) is 30.4 Å². The topological polar surface area (TPSA) is 38.9 Å². The highest BCUT2D eigenvalue weighted by molar-refractivity contribution is 5.28. The van der Waals surface area contributed by atoms with Crippen LogP contribution in [0.2, 0.25) is 0 Å². The fourth-order valence-electron chi connectivity index (χ4n) is 1.71. The SMILES string of the molecule is NCc1ccncc1C1CCC1. The highest BCUT2D eigenvalue weighted by Crippen LogP contribution is 2.37. The Morgan fingerprint density at radius 1 is 1.50 bits per heavy atom. The summed E-state index contributed by atoms with van der Waals surface area (Å²) >= 11 is 0. The van der Waals surface area contributed by atoms with Crippen LogP contribution in [0.15, 0.2) is 18.5 Å². The van der Waals surface area contributed by atoms with E-state index in [1.54, 1.807) is 0 Å². The Kier molecular flexibility index (Phi) is 2.09. The van der Waals surface area contributed by atoms with E-state index in [1.807, 2.05) is 18.5 Å². The van der Waals surface area contributed by atoms with Crippen molar-refractivity contribution in [3.8, 4) is 0 Å². The molecule has 1 saturated carbocycles. The summed E-state index contributed by atoms with van der Waals surface area (Å²) in [6.07, 6.45) is 7.80. The van der Waals surface area contributed by atoms with Crippen LogP contribution in [-0.4, -0.2) is 4.98 Å². The van der Waals surface area contributed by atoms with Crippen molar-refractivity contribution in [3.63, 3.8) is 0 Å². The number of hydrogen-bond donors (Lipinski definition) is 1. The zero-order valence-corrected chi connectivity index (χ0v) is 7.16. The third-order valence-corrected chi connectivity index (χ3v) is 2.71. The van der Waals surface area contributed by atoms with Crippen LogP contribution in [0.25, 0.3) is 0 Å². The number of aromatic nitrogens is 1. The van der Waals surface area contributed by atoms with Crippen LogP contribution in [0, 0.1) is 0 Å². The van der Waals surface area contributed by atoms with Crippen LogP contribution in [0.3, 0.4) is 0 Å². The fraction of sp³-hybridized carbons (Fsp3) is 0.500. The van der Waals surface area contributed by atoms with Gasteiger partial charge in [-0.3, -0.25) is 4.98 Å². The maximum absolute atomic E-state index is 5.64. The van der Waals surface area contributed by atoms with Gasteiger partial charge >= 0.3 is 0 Å². The molecule has 1 aromatic heterocycles.